The van der Waals surface area contributed by atoms with E-state index in [9.17, 15) is 0 Å². The van der Waals surface area contributed by atoms with Crippen molar-refractivity contribution in [3.63, 3.8) is 0 Å². The first-order valence-electron chi connectivity index (χ1n) is 22.1. The van der Waals surface area contributed by atoms with Gasteiger partial charge in [0, 0.05) is 36.7 Å². The summed E-state index contributed by atoms with van der Waals surface area (Å²) in [6.45, 7) is 4.81. The maximum absolute atomic E-state index is 6.85. The Hall–Kier alpha value is -7.59. The van der Waals surface area contributed by atoms with Gasteiger partial charge in [-0.05, 0) is 101 Å². The predicted octanol–water partition coefficient (Wildman–Crippen LogP) is 16.1. The summed E-state index contributed by atoms with van der Waals surface area (Å²) >= 11 is 1.85. The van der Waals surface area contributed by atoms with Crippen molar-refractivity contribution in [3.8, 4) is 33.4 Å². The van der Waals surface area contributed by atoms with Gasteiger partial charge in [0.1, 0.15) is 5.84 Å². The average Bonchev–Trinajstić information content (AvgIpc) is 3.85. The molecule has 10 aromatic carbocycles. The third-order valence-corrected chi connectivity index (χ3v) is 14.7. The van der Waals surface area contributed by atoms with Crippen LogP contribution in [-0.4, -0.2) is 5.84 Å². The molecule has 0 fully saturated rings. The van der Waals surface area contributed by atoms with E-state index in [0.29, 0.717) is 12.3 Å². The lowest BCUT2D eigenvalue weighted by molar-refractivity contribution is 0.668. The second-order valence-electron chi connectivity index (χ2n) is 17.5. The smallest absolute Gasteiger partial charge is 0.131 e. The normalized spacial score (nSPS) is 13.6. The van der Waals surface area contributed by atoms with Gasteiger partial charge in [-0.25, -0.2) is 4.99 Å². The Balaban J connectivity index is 1.01. The van der Waals surface area contributed by atoms with Crippen LogP contribution in [0.15, 0.2) is 211 Å². The van der Waals surface area contributed by atoms with Crippen molar-refractivity contribution < 1.29 is 0 Å². The summed E-state index contributed by atoms with van der Waals surface area (Å²) in [4.78, 5) is 5.24. The maximum Gasteiger partial charge on any atom is 0.131 e. The molecule has 0 radical (unpaired) electrons. The molecule has 1 aromatic heterocycles. The number of fused-ring (bicyclic) bond motifs is 10. The predicted molar refractivity (Wildman–Crippen MR) is 276 cm³/mol. The van der Waals surface area contributed by atoms with E-state index in [2.05, 4.69) is 190 Å². The molecule has 2 nitrogen and oxygen atoms in total. The Kier molecular flexibility index (Phi) is 8.96. The molecule has 0 amide bonds. The number of hydrogen-bond donors (Lipinski definition) is 1. The van der Waals surface area contributed by atoms with E-state index >= 15 is 0 Å². The summed E-state index contributed by atoms with van der Waals surface area (Å²) < 4.78 is 2.60. The molecule has 0 aliphatic heterocycles. The SMILES string of the molecule is CC1(C)c2c(cccc2-c2ccc(-c3ccc(/C(=C/Cc4cccc5sc6ccccc6c45)N=C(N)c4ccccc4)c4ccccc34)c3ccccc23)-c2ccc3ccccc3c21. The minimum absolute atomic E-state index is 0.185. The Bertz CT molecular complexity index is 3740. The second kappa shape index (κ2) is 15.0. The fraction of sp³-hybridized carbons (Fsp3) is 0.0656. The van der Waals surface area contributed by atoms with Crippen LogP contribution in [0.25, 0.3) is 91.6 Å². The third-order valence-electron chi connectivity index (χ3n) is 13.6. The zero-order chi connectivity index (χ0) is 42.9. The van der Waals surface area contributed by atoms with E-state index in [0.717, 1.165) is 22.2 Å². The number of amidine groups is 1. The lowest BCUT2D eigenvalue weighted by atomic mass is 9.76. The molecular weight excluding hydrogens is 793 g/mol. The van der Waals surface area contributed by atoms with Crippen LogP contribution in [0.4, 0.5) is 0 Å². The van der Waals surface area contributed by atoms with Crippen molar-refractivity contribution in [2.75, 3.05) is 0 Å². The van der Waals surface area contributed by atoms with Crippen molar-refractivity contribution in [3.05, 3.63) is 234 Å². The Morgan fingerprint density at radius 2 is 1.00 bits per heavy atom. The molecule has 0 saturated heterocycles. The number of hydrogen-bond acceptors (Lipinski definition) is 2. The molecule has 11 aromatic rings. The van der Waals surface area contributed by atoms with E-state index in [1.807, 2.05) is 41.7 Å². The minimum Gasteiger partial charge on any atom is -0.383 e. The molecule has 0 atom stereocenters. The van der Waals surface area contributed by atoms with E-state index in [4.69, 9.17) is 10.7 Å². The second-order valence-corrected chi connectivity index (χ2v) is 18.6. The van der Waals surface area contributed by atoms with Gasteiger partial charge < -0.3 is 5.73 Å². The van der Waals surface area contributed by atoms with Crippen LogP contribution < -0.4 is 5.73 Å². The lowest BCUT2D eigenvalue weighted by Gasteiger charge is -2.26. The summed E-state index contributed by atoms with van der Waals surface area (Å²) in [7, 11) is 0. The van der Waals surface area contributed by atoms with Gasteiger partial charge in [-0.1, -0.05) is 208 Å². The fourth-order valence-corrected chi connectivity index (χ4v) is 11.9. The summed E-state index contributed by atoms with van der Waals surface area (Å²) in [6.07, 6.45) is 2.98. The molecule has 2 N–H and O–H groups in total. The summed E-state index contributed by atoms with van der Waals surface area (Å²) in [5.41, 5.74) is 21.2. The van der Waals surface area contributed by atoms with Gasteiger partial charge in [0.05, 0.1) is 5.70 Å². The molecular formula is C61H44N2S. The van der Waals surface area contributed by atoms with Crippen molar-refractivity contribution in [2.24, 2.45) is 10.7 Å². The molecule has 64 heavy (non-hydrogen) atoms. The number of allylic oxidation sites excluding steroid dienone is 1. The van der Waals surface area contributed by atoms with Gasteiger partial charge in [-0.15, -0.1) is 11.3 Å². The number of rotatable bonds is 7. The van der Waals surface area contributed by atoms with Crippen molar-refractivity contribution in [1.29, 1.82) is 0 Å². The van der Waals surface area contributed by atoms with Gasteiger partial charge in [-0.3, -0.25) is 0 Å². The van der Waals surface area contributed by atoms with Gasteiger partial charge in [0.25, 0.3) is 0 Å². The van der Waals surface area contributed by atoms with Crippen molar-refractivity contribution >= 4 is 75.4 Å². The molecule has 1 heterocycles. The van der Waals surface area contributed by atoms with Gasteiger partial charge >= 0.3 is 0 Å². The van der Waals surface area contributed by atoms with Crippen LogP contribution in [0.5, 0.6) is 0 Å². The minimum atomic E-state index is -0.185. The third kappa shape index (κ3) is 6.03. The monoisotopic (exact) mass is 836 g/mol. The van der Waals surface area contributed by atoms with Crippen molar-refractivity contribution in [2.45, 2.75) is 25.7 Å². The van der Waals surface area contributed by atoms with E-state index in [1.54, 1.807) is 0 Å². The van der Waals surface area contributed by atoms with Gasteiger partial charge in [-0.2, -0.15) is 0 Å². The van der Waals surface area contributed by atoms with E-state index < -0.39 is 0 Å². The molecule has 1 aliphatic carbocycles. The van der Waals surface area contributed by atoms with Gasteiger partial charge in [0.15, 0.2) is 0 Å². The highest BCUT2D eigenvalue weighted by Crippen LogP contribution is 2.55. The molecule has 3 heteroatoms. The Labute approximate surface area is 377 Å². The Morgan fingerprint density at radius 1 is 0.469 bits per heavy atom. The number of benzene rings is 10. The van der Waals surface area contributed by atoms with Crippen molar-refractivity contribution in [1.82, 2.24) is 0 Å². The van der Waals surface area contributed by atoms with Gasteiger partial charge in [0.2, 0.25) is 0 Å². The van der Waals surface area contributed by atoms with E-state index in [1.165, 1.54) is 97.2 Å². The molecule has 0 unspecified atom stereocenters. The topological polar surface area (TPSA) is 38.4 Å². The largest absolute Gasteiger partial charge is 0.383 e. The zero-order valence-electron chi connectivity index (χ0n) is 35.8. The van der Waals surface area contributed by atoms with Crippen LogP contribution in [0.1, 0.15) is 41.7 Å². The quantitative estimate of drug-likeness (QED) is 0.126. The molecule has 1 aliphatic rings. The number of nitrogens with zero attached hydrogens (tertiary/aromatic N) is 1. The number of thiophene rings is 1. The van der Waals surface area contributed by atoms with Crippen LogP contribution >= 0.6 is 11.3 Å². The molecule has 304 valence electrons. The summed E-state index contributed by atoms with van der Waals surface area (Å²) in [5.74, 6) is 0.493. The van der Waals surface area contributed by atoms with Crippen LogP contribution in [0.2, 0.25) is 0 Å². The van der Waals surface area contributed by atoms with E-state index in [-0.39, 0.29) is 5.41 Å². The van der Waals surface area contributed by atoms with Crippen LogP contribution in [0, 0.1) is 0 Å². The molecule has 0 saturated carbocycles. The first kappa shape index (κ1) is 38.1. The average molecular weight is 837 g/mol. The zero-order valence-corrected chi connectivity index (χ0v) is 36.6. The molecule has 0 spiro atoms. The first-order chi connectivity index (χ1) is 31.4. The lowest BCUT2D eigenvalue weighted by Crippen LogP contribution is -2.17. The van der Waals surface area contributed by atoms with Crippen LogP contribution in [-0.2, 0) is 11.8 Å². The Morgan fingerprint density at radius 3 is 1.75 bits per heavy atom. The standard InChI is InChI=1S/C61H44N2S/c1-61(2)58-41-20-7-6-16-38(41)30-32-52(58)51-27-15-26-50(59(51)61)48-34-33-46(42-21-8-9-22-43(42)48)47-35-36-49(45-24-11-10-23-44(45)47)54(63-60(62)40-17-4-3-5-18-40)37-31-39-19-14-29-56-57(39)53-25-12-13-28-55(53)64-56/h3-30,32-37H,31H2,1-2H3,(H2,62,63)/b54-37-. The molecule has 0 bridgehead atoms. The first-order valence-corrected chi connectivity index (χ1v) is 23.0. The highest BCUT2D eigenvalue weighted by Gasteiger charge is 2.39. The summed E-state index contributed by atoms with van der Waals surface area (Å²) in [6, 6.07) is 72.7. The fourth-order valence-electron chi connectivity index (χ4n) is 10.7. The highest BCUT2D eigenvalue weighted by molar-refractivity contribution is 7.25. The molecule has 12 rings (SSSR count). The number of aliphatic imine (C=N–C) groups is 1. The number of nitrogens with two attached hydrogens (primary N) is 1. The maximum atomic E-state index is 6.85. The highest BCUT2D eigenvalue weighted by atomic mass is 32.1. The van der Waals surface area contributed by atoms with Crippen LogP contribution in [0.3, 0.4) is 0 Å². The summed E-state index contributed by atoms with van der Waals surface area (Å²) in [5, 5.41) is 10.0.